The van der Waals surface area contributed by atoms with Gasteiger partial charge in [0.1, 0.15) is 5.82 Å². The molecule has 0 aliphatic rings. The van der Waals surface area contributed by atoms with Crippen molar-refractivity contribution in [3.63, 3.8) is 0 Å². The van der Waals surface area contributed by atoms with Crippen molar-refractivity contribution in [2.24, 2.45) is 14.1 Å². The van der Waals surface area contributed by atoms with E-state index >= 15 is 0 Å². The van der Waals surface area contributed by atoms with Gasteiger partial charge < -0.3 is 9.47 Å². The molecule has 3 rings (SSSR count). The van der Waals surface area contributed by atoms with Gasteiger partial charge in [-0.15, -0.1) is 12.4 Å². The molecule has 0 saturated carbocycles. The van der Waals surface area contributed by atoms with Gasteiger partial charge in [-0.05, 0) is 20.0 Å². The van der Waals surface area contributed by atoms with E-state index in [4.69, 9.17) is 4.98 Å². The first-order valence-electron chi connectivity index (χ1n) is 9.34. The summed E-state index contributed by atoms with van der Waals surface area (Å²) in [4.78, 5) is 32.2. The normalized spacial score (nSPS) is 11.2. The molecule has 8 heteroatoms. The zero-order chi connectivity index (χ0) is 19.7. The Bertz CT molecular complexity index is 1080. The van der Waals surface area contributed by atoms with Crippen LogP contribution in [0.3, 0.4) is 0 Å². The van der Waals surface area contributed by atoms with Gasteiger partial charge in [0.05, 0.1) is 0 Å². The van der Waals surface area contributed by atoms with E-state index in [1.54, 1.807) is 7.05 Å². The van der Waals surface area contributed by atoms with Gasteiger partial charge in [0.2, 0.25) is 0 Å². The first kappa shape index (κ1) is 21.9. The summed E-state index contributed by atoms with van der Waals surface area (Å²) in [6, 6.07) is 8.07. The zero-order valence-corrected chi connectivity index (χ0v) is 17.9. The van der Waals surface area contributed by atoms with Gasteiger partial charge >= 0.3 is 5.69 Å². The average Bonchev–Trinajstić information content (AvgIpc) is 3.06. The quantitative estimate of drug-likeness (QED) is 0.630. The van der Waals surface area contributed by atoms with Crippen LogP contribution in [0.1, 0.15) is 19.4 Å². The van der Waals surface area contributed by atoms with Gasteiger partial charge in [0.15, 0.2) is 11.2 Å². The molecular weight excluding hydrogens is 378 g/mol. The monoisotopic (exact) mass is 405 g/mol. The summed E-state index contributed by atoms with van der Waals surface area (Å²) < 4.78 is 4.55. The molecule has 0 bridgehead atoms. The second-order valence-corrected chi connectivity index (χ2v) is 6.86. The van der Waals surface area contributed by atoms with E-state index < -0.39 is 0 Å². The number of fused-ring (bicyclic) bond motifs is 1. The largest absolute Gasteiger partial charge is 0.332 e. The predicted molar refractivity (Wildman–Crippen MR) is 115 cm³/mol. The van der Waals surface area contributed by atoms with E-state index in [9.17, 15) is 9.59 Å². The number of aromatic nitrogens is 4. The van der Waals surface area contributed by atoms with Gasteiger partial charge in [-0.3, -0.25) is 13.9 Å². The van der Waals surface area contributed by atoms with Gasteiger partial charge in [-0.1, -0.05) is 43.7 Å². The standard InChI is InChI=1S/C20H27N5O2.ClH/c1-6-24(7-2)12-13-25-16-18(22(4)20(27)23(5)19(16)26)21-17(25)15-10-8-14(3)9-11-15;/h8-11H,6-7,12-13H2,1-5H3;1H. The Morgan fingerprint density at radius 1 is 1.00 bits per heavy atom. The first-order chi connectivity index (χ1) is 12.9. The number of nitrogens with zero attached hydrogens (tertiary/aromatic N) is 5. The summed E-state index contributed by atoms with van der Waals surface area (Å²) in [5, 5.41) is 0. The van der Waals surface area contributed by atoms with Crippen LogP contribution in [0, 0.1) is 6.92 Å². The molecule has 0 radical (unpaired) electrons. The van der Waals surface area contributed by atoms with Crippen LogP contribution in [0.5, 0.6) is 0 Å². The van der Waals surface area contributed by atoms with Crippen LogP contribution in [0.2, 0.25) is 0 Å². The fourth-order valence-corrected chi connectivity index (χ4v) is 3.37. The lowest BCUT2D eigenvalue weighted by molar-refractivity contribution is 0.292. The Labute approximate surface area is 170 Å². The molecule has 0 amide bonds. The fraction of sp³-hybridized carbons (Fsp3) is 0.450. The third-order valence-electron chi connectivity index (χ3n) is 5.19. The minimum absolute atomic E-state index is 0. The molecule has 0 spiro atoms. The van der Waals surface area contributed by atoms with Crippen LogP contribution < -0.4 is 11.2 Å². The van der Waals surface area contributed by atoms with Crippen LogP contribution in [-0.2, 0) is 20.6 Å². The van der Waals surface area contributed by atoms with Crippen LogP contribution in [0.25, 0.3) is 22.6 Å². The van der Waals surface area contributed by atoms with E-state index in [0.29, 0.717) is 17.7 Å². The van der Waals surface area contributed by atoms with Crippen LogP contribution in [0.4, 0.5) is 0 Å². The molecule has 28 heavy (non-hydrogen) atoms. The molecule has 0 unspecified atom stereocenters. The summed E-state index contributed by atoms with van der Waals surface area (Å²) in [5.41, 5.74) is 2.33. The van der Waals surface area contributed by atoms with Crippen molar-refractivity contribution < 1.29 is 0 Å². The van der Waals surface area contributed by atoms with Gasteiger partial charge in [-0.25, -0.2) is 9.78 Å². The van der Waals surface area contributed by atoms with Crippen LogP contribution in [0.15, 0.2) is 33.9 Å². The zero-order valence-electron chi connectivity index (χ0n) is 17.1. The number of halogens is 1. The predicted octanol–water partition coefficient (Wildman–Crippen LogP) is 2.17. The van der Waals surface area contributed by atoms with Crippen molar-refractivity contribution >= 4 is 23.6 Å². The van der Waals surface area contributed by atoms with Gasteiger partial charge in [0, 0.05) is 32.7 Å². The third kappa shape index (κ3) is 3.77. The molecule has 0 aliphatic carbocycles. The maximum absolute atomic E-state index is 12.9. The number of imidazole rings is 1. The van der Waals surface area contributed by atoms with Crippen molar-refractivity contribution in [2.75, 3.05) is 19.6 Å². The summed E-state index contributed by atoms with van der Waals surface area (Å²) in [5.74, 6) is 0.718. The van der Waals surface area contributed by atoms with E-state index in [0.717, 1.165) is 41.2 Å². The molecule has 0 aliphatic heterocycles. The minimum atomic E-state index is -0.364. The molecular formula is C20H28ClN5O2. The molecule has 2 aromatic heterocycles. The van der Waals surface area contributed by atoms with Crippen molar-refractivity contribution in [3.8, 4) is 11.4 Å². The smallest absolute Gasteiger partial charge is 0.317 e. The lowest BCUT2D eigenvalue weighted by atomic mass is 10.1. The molecule has 3 aromatic rings. The number of aryl methyl sites for hydroxylation is 2. The van der Waals surface area contributed by atoms with Crippen molar-refractivity contribution in [1.82, 2.24) is 23.6 Å². The molecule has 0 N–H and O–H groups in total. The van der Waals surface area contributed by atoms with Gasteiger partial charge in [-0.2, -0.15) is 0 Å². The molecule has 0 atom stereocenters. The maximum atomic E-state index is 12.9. The molecule has 2 heterocycles. The van der Waals surface area contributed by atoms with E-state index in [2.05, 4.69) is 18.7 Å². The third-order valence-corrected chi connectivity index (χ3v) is 5.19. The Balaban J connectivity index is 0.00000280. The molecule has 152 valence electrons. The number of benzene rings is 1. The number of hydrogen-bond donors (Lipinski definition) is 0. The maximum Gasteiger partial charge on any atom is 0.332 e. The Kier molecular flexibility index (Phi) is 6.85. The summed E-state index contributed by atoms with van der Waals surface area (Å²) in [6.45, 7) is 9.61. The Morgan fingerprint density at radius 2 is 1.61 bits per heavy atom. The average molecular weight is 406 g/mol. The molecule has 0 fully saturated rings. The Hall–Kier alpha value is -2.38. The minimum Gasteiger partial charge on any atom is -0.317 e. The molecule has 7 nitrogen and oxygen atoms in total. The Morgan fingerprint density at radius 3 is 2.18 bits per heavy atom. The molecule has 1 aromatic carbocycles. The van der Waals surface area contributed by atoms with E-state index in [1.807, 2.05) is 35.8 Å². The second kappa shape index (κ2) is 8.75. The fourth-order valence-electron chi connectivity index (χ4n) is 3.37. The van der Waals surface area contributed by atoms with Crippen molar-refractivity contribution in [3.05, 3.63) is 50.7 Å². The van der Waals surface area contributed by atoms with Crippen LogP contribution in [-0.4, -0.2) is 43.2 Å². The van der Waals surface area contributed by atoms with E-state index in [1.165, 1.54) is 11.6 Å². The topological polar surface area (TPSA) is 65.1 Å². The highest BCUT2D eigenvalue weighted by Gasteiger charge is 2.20. The van der Waals surface area contributed by atoms with Crippen molar-refractivity contribution in [2.45, 2.75) is 27.3 Å². The lowest BCUT2D eigenvalue weighted by Crippen LogP contribution is -2.38. The number of likely N-dealkylation sites (N-methyl/N-ethyl adjacent to an activating group) is 1. The van der Waals surface area contributed by atoms with Crippen LogP contribution >= 0.6 is 12.4 Å². The second-order valence-electron chi connectivity index (χ2n) is 6.86. The SMILES string of the molecule is CCN(CC)CCn1c(-c2ccc(C)cc2)nc2c1c(=O)n(C)c(=O)n2C.Cl. The highest BCUT2D eigenvalue weighted by molar-refractivity contribution is 5.85. The highest BCUT2D eigenvalue weighted by Crippen LogP contribution is 2.23. The molecule has 0 saturated heterocycles. The van der Waals surface area contributed by atoms with Gasteiger partial charge in [0.25, 0.3) is 5.56 Å². The van der Waals surface area contributed by atoms with Crippen molar-refractivity contribution in [1.29, 1.82) is 0 Å². The lowest BCUT2D eigenvalue weighted by Gasteiger charge is -2.19. The number of rotatable bonds is 6. The number of hydrogen-bond acceptors (Lipinski definition) is 4. The summed E-state index contributed by atoms with van der Waals surface area (Å²) in [7, 11) is 3.17. The first-order valence-corrected chi connectivity index (χ1v) is 9.34. The summed E-state index contributed by atoms with van der Waals surface area (Å²) in [6.07, 6.45) is 0. The van der Waals surface area contributed by atoms with E-state index in [-0.39, 0.29) is 23.7 Å². The highest BCUT2D eigenvalue weighted by atomic mass is 35.5. The summed E-state index contributed by atoms with van der Waals surface area (Å²) >= 11 is 0.